The Bertz CT molecular complexity index is 1630. The molecule has 0 amide bonds. The third kappa shape index (κ3) is 4.38. The third-order valence-corrected chi connectivity index (χ3v) is 8.35. The number of phenolic OH excluding ortho intramolecular Hbond substituents is 1. The number of nitrogens with one attached hydrogen (secondary N) is 1. The molecule has 8 heteroatoms. The van der Waals surface area contributed by atoms with Crippen molar-refractivity contribution in [3.8, 4) is 11.4 Å². The summed E-state index contributed by atoms with van der Waals surface area (Å²) in [5.74, 6) is 0.113. The van der Waals surface area contributed by atoms with Crippen LogP contribution in [0, 0.1) is 13.8 Å². The van der Waals surface area contributed by atoms with E-state index in [9.17, 15) is 13.5 Å². The van der Waals surface area contributed by atoms with Crippen molar-refractivity contribution in [2.24, 2.45) is 0 Å². The molecule has 0 saturated carbocycles. The minimum Gasteiger partial charge on any atom is -0.506 e. The Balaban J connectivity index is 1.60. The molecule has 176 valence electrons. The first-order valence-corrected chi connectivity index (χ1v) is 13.3. The van der Waals surface area contributed by atoms with Crippen molar-refractivity contribution < 1.29 is 13.5 Å². The summed E-state index contributed by atoms with van der Waals surface area (Å²) in [6.45, 7) is 3.43. The van der Waals surface area contributed by atoms with Crippen LogP contribution in [0.1, 0.15) is 11.4 Å². The monoisotopic (exact) mass is 501 g/mol. The maximum atomic E-state index is 13.7. The van der Waals surface area contributed by atoms with E-state index in [2.05, 4.69) is 9.82 Å². The predicted octanol–water partition coefficient (Wildman–Crippen LogP) is 6.30. The molecule has 5 rings (SSSR count). The lowest BCUT2D eigenvalue weighted by molar-refractivity contribution is 0.469. The van der Waals surface area contributed by atoms with Gasteiger partial charge in [-0.25, -0.2) is 13.1 Å². The van der Waals surface area contributed by atoms with Gasteiger partial charge in [0, 0.05) is 15.7 Å². The molecule has 0 aliphatic carbocycles. The van der Waals surface area contributed by atoms with Crippen LogP contribution in [-0.2, 0) is 10.0 Å². The van der Waals surface area contributed by atoms with Gasteiger partial charge in [0.25, 0.3) is 10.0 Å². The van der Waals surface area contributed by atoms with Gasteiger partial charge in [-0.3, -0.25) is 4.72 Å². The fraction of sp³-hybridized carbons (Fsp3) is 0.0741. The number of benzene rings is 4. The van der Waals surface area contributed by atoms with Crippen molar-refractivity contribution in [2.45, 2.75) is 28.5 Å². The quantitative estimate of drug-likeness (QED) is 0.267. The van der Waals surface area contributed by atoms with Gasteiger partial charge in [0.15, 0.2) is 0 Å². The number of nitrogens with zero attached hydrogens (tertiary/aromatic N) is 2. The van der Waals surface area contributed by atoms with E-state index in [4.69, 9.17) is 0 Å². The number of para-hydroxylation sites is 1. The molecule has 0 saturated heterocycles. The Labute approximate surface area is 208 Å². The summed E-state index contributed by atoms with van der Waals surface area (Å²) in [7, 11) is -3.98. The molecular formula is C27H23N3O3S2. The molecule has 0 aliphatic heterocycles. The van der Waals surface area contributed by atoms with Crippen LogP contribution in [-0.4, -0.2) is 23.3 Å². The molecular weight excluding hydrogens is 478 g/mol. The molecule has 0 atom stereocenters. The average molecular weight is 502 g/mol. The highest BCUT2D eigenvalue weighted by atomic mass is 32.2. The van der Waals surface area contributed by atoms with Gasteiger partial charge >= 0.3 is 0 Å². The van der Waals surface area contributed by atoms with Gasteiger partial charge in [0.05, 0.1) is 27.7 Å². The molecule has 0 unspecified atom stereocenters. The molecule has 0 bridgehead atoms. The van der Waals surface area contributed by atoms with Crippen molar-refractivity contribution >= 4 is 38.2 Å². The molecule has 0 fully saturated rings. The second-order valence-electron chi connectivity index (χ2n) is 8.08. The molecule has 1 heterocycles. The SMILES string of the molecule is Cc1nn(-c2ccccc2)c(C)c1S(=O)(=O)Nc1cc(Sc2ccccc2)c(O)c2ccccc12. The minimum absolute atomic E-state index is 0.113. The first kappa shape index (κ1) is 23.0. The number of phenols is 1. The first-order chi connectivity index (χ1) is 16.8. The lowest BCUT2D eigenvalue weighted by atomic mass is 10.1. The normalized spacial score (nSPS) is 11.6. The minimum atomic E-state index is -3.98. The van der Waals surface area contributed by atoms with E-state index in [0.717, 1.165) is 10.6 Å². The summed E-state index contributed by atoms with van der Waals surface area (Å²) in [6, 6.07) is 27.9. The number of hydrogen-bond donors (Lipinski definition) is 2. The number of fused-ring (bicyclic) bond motifs is 1. The molecule has 5 aromatic rings. The fourth-order valence-electron chi connectivity index (χ4n) is 4.15. The molecule has 6 nitrogen and oxygen atoms in total. The number of aromatic nitrogens is 2. The summed E-state index contributed by atoms with van der Waals surface area (Å²) in [6.07, 6.45) is 0. The smallest absolute Gasteiger partial charge is 0.265 e. The second-order valence-corrected chi connectivity index (χ2v) is 10.8. The third-order valence-electron chi connectivity index (χ3n) is 5.69. The molecule has 0 aliphatic rings. The number of aromatic hydroxyl groups is 1. The van der Waals surface area contributed by atoms with Crippen LogP contribution in [0.15, 0.2) is 106 Å². The Kier molecular flexibility index (Phi) is 6.00. The fourth-order valence-corrected chi connectivity index (χ4v) is 6.54. The molecule has 1 aromatic heterocycles. The van der Waals surface area contributed by atoms with Gasteiger partial charge in [-0.1, -0.05) is 72.4 Å². The van der Waals surface area contributed by atoms with E-state index in [-0.39, 0.29) is 10.6 Å². The van der Waals surface area contributed by atoms with Gasteiger partial charge in [-0.2, -0.15) is 5.10 Å². The Morgan fingerprint density at radius 2 is 1.46 bits per heavy atom. The maximum Gasteiger partial charge on any atom is 0.265 e. The standard InChI is InChI=1S/C27H23N3O3S2/c1-18-27(19(2)30(28-18)20-11-5-3-6-12-20)35(32,33)29-24-17-25(34-21-13-7-4-8-14-21)26(31)23-16-10-9-15-22(23)24/h3-17,29,31H,1-2H3. The zero-order valence-corrected chi connectivity index (χ0v) is 20.8. The Hall–Kier alpha value is -3.75. The van der Waals surface area contributed by atoms with E-state index < -0.39 is 10.0 Å². The van der Waals surface area contributed by atoms with E-state index >= 15 is 0 Å². The summed E-state index contributed by atoms with van der Waals surface area (Å²) in [5, 5.41) is 16.6. The Morgan fingerprint density at radius 1 is 0.857 bits per heavy atom. The number of sulfonamides is 1. The molecule has 0 spiro atoms. The van der Waals surface area contributed by atoms with E-state index in [1.165, 1.54) is 11.8 Å². The Morgan fingerprint density at radius 3 is 2.14 bits per heavy atom. The van der Waals surface area contributed by atoms with Crippen molar-refractivity contribution in [3.05, 3.63) is 102 Å². The summed E-state index contributed by atoms with van der Waals surface area (Å²) in [4.78, 5) is 1.62. The van der Waals surface area contributed by atoms with Crippen molar-refractivity contribution in [3.63, 3.8) is 0 Å². The van der Waals surface area contributed by atoms with Crippen molar-refractivity contribution in [2.75, 3.05) is 4.72 Å². The summed E-state index contributed by atoms with van der Waals surface area (Å²) >= 11 is 1.37. The van der Waals surface area contributed by atoms with Crippen LogP contribution in [0.25, 0.3) is 16.5 Å². The van der Waals surface area contributed by atoms with Crippen molar-refractivity contribution in [1.29, 1.82) is 0 Å². The zero-order valence-electron chi connectivity index (χ0n) is 19.1. The molecule has 4 aromatic carbocycles. The van der Waals surface area contributed by atoms with Crippen LogP contribution in [0.5, 0.6) is 5.75 Å². The summed E-state index contributed by atoms with van der Waals surface area (Å²) in [5.41, 5.74) is 2.10. The van der Waals surface area contributed by atoms with Crippen LogP contribution in [0.2, 0.25) is 0 Å². The van der Waals surface area contributed by atoms with Gasteiger partial charge in [-0.05, 0) is 44.2 Å². The highest BCUT2D eigenvalue weighted by molar-refractivity contribution is 7.99. The predicted molar refractivity (Wildman–Crippen MR) is 140 cm³/mol. The van der Waals surface area contributed by atoms with E-state index in [1.807, 2.05) is 72.8 Å². The van der Waals surface area contributed by atoms with Crippen LogP contribution < -0.4 is 4.72 Å². The lowest BCUT2D eigenvalue weighted by Gasteiger charge is -2.15. The first-order valence-electron chi connectivity index (χ1n) is 11.0. The molecule has 35 heavy (non-hydrogen) atoms. The summed E-state index contributed by atoms with van der Waals surface area (Å²) < 4.78 is 31.7. The van der Waals surface area contributed by atoms with E-state index in [1.54, 1.807) is 36.7 Å². The van der Waals surface area contributed by atoms with Crippen LogP contribution in [0.3, 0.4) is 0 Å². The second kappa shape index (κ2) is 9.13. The van der Waals surface area contributed by atoms with Gasteiger partial charge in [0.1, 0.15) is 10.6 Å². The van der Waals surface area contributed by atoms with E-state index in [0.29, 0.717) is 32.7 Å². The zero-order chi connectivity index (χ0) is 24.6. The number of rotatable bonds is 6. The molecule has 2 N–H and O–H groups in total. The maximum absolute atomic E-state index is 13.7. The van der Waals surface area contributed by atoms with Crippen LogP contribution >= 0.6 is 11.8 Å². The topological polar surface area (TPSA) is 84.2 Å². The van der Waals surface area contributed by atoms with Crippen molar-refractivity contribution in [1.82, 2.24) is 9.78 Å². The van der Waals surface area contributed by atoms with Gasteiger partial charge < -0.3 is 5.11 Å². The average Bonchev–Trinajstić information content (AvgIpc) is 3.17. The number of anilines is 1. The lowest BCUT2D eigenvalue weighted by Crippen LogP contribution is -2.15. The highest BCUT2D eigenvalue weighted by Crippen LogP contribution is 2.43. The van der Waals surface area contributed by atoms with Gasteiger partial charge in [-0.15, -0.1) is 0 Å². The number of hydrogen-bond acceptors (Lipinski definition) is 5. The molecule has 0 radical (unpaired) electrons. The van der Waals surface area contributed by atoms with Gasteiger partial charge in [0.2, 0.25) is 0 Å². The largest absolute Gasteiger partial charge is 0.506 e. The number of aryl methyl sites for hydroxylation is 1. The van der Waals surface area contributed by atoms with Crippen LogP contribution in [0.4, 0.5) is 5.69 Å². The highest BCUT2D eigenvalue weighted by Gasteiger charge is 2.26.